The standard InChI is InChI=1S/C15H24N2/c1-12(2)17(15-8-3-4-9-15)11-13-6-5-7-14(16)10-13/h5-7,10,12,15H,3-4,8-9,11,16H2,1-2H3. The molecule has 1 saturated carbocycles. The number of hydrogen-bond acceptors (Lipinski definition) is 2. The molecule has 0 bridgehead atoms. The second-order valence-corrected chi connectivity index (χ2v) is 5.45. The quantitative estimate of drug-likeness (QED) is 0.806. The molecular weight excluding hydrogens is 208 g/mol. The van der Waals surface area contributed by atoms with Crippen molar-refractivity contribution in [1.82, 2.24) is 4.90 Å². The van der Waals surface area contributed by atoms with E-state index < -0.39 is 0 Å². The highest BCUT2D eigenvalue weighted by Crippen LogP contribution is 2.26. The Bertz CT molecular complexity index is 354. The molecule has 0 heterocycles. The van der Waals surface area contributed by atoms with Gasteiger partial charge in [-0.3, -0.25) is 4.90 Å². The van der Waals surface area contributed by atoms with Crippen LogP contribution >= 0.6 is 0 Å². The van der Waals surface area contributed by atoms with E-state index in [1.807, 2.05) is 6.07 Å². The minimum atomic E-state index is 0.611. The third-order valence-electron chi connectivity index (χ3n) is 3.77. The van der Waals surface area contributed by atoms with Crippen molar-refractivity contribution in [2.75, 3.05) is 5.73 Å². The molecule has 2 heteroatoms. The molecule has 94 valence electrons. The molecule has 0 saturated heterocycles. The van der Waals surface area contributed by atoms with E-state index in [0.29, 0.717) is 6.04 Å². The predicted molar refractivity (Wildman–Crippen MR) is 73.8 cm³/mol. The maximum absolute atomic E-state index is 5.85. The number of nitrogens with two attached hydrogens (primary N) is 1. The van der Waals surface area contributed by atoms with Crippen molar-refractivity contribution in [2.45, 2.75) is 58.2 Å². The smallest absolute Gasteiger partial charge is 0.0317 e. The normalized spacial score (nSPS) is 17.2. The minimum Gasteiger partial charge on any atom is -0.399 e. The molecule has 0 aliphatic heterocycles. The summed E-state index contributed by atoms with van der Waals surface area (Å²) in [5.74, 6) is 0. The van der Waals surface area contributed by atoms with Crippen molar-refractivity contribution >= 4 is 5.69 Å². The number of hydrogen-bond donors (Lipinski definition) is 1. The van der Waals surface area contributed by atoms with E-state index in [9.17, 15) is 0 Å². The van der Waals surface area contributed by atoms with Gasteiger partial charge in [-0.1, -0.05) is 25.0 Å². The Morgan fingerprint density at radius 2 is 2.00 bits per heavy atom. The Kier molecular flexibility index (Phi) is 4.06. The molecule has 2 N–H and O–H groups in total. The summed E-state index contributed by atoms with van der Waals surface area (Å²) in [7, 11) is 0. The average molecular weight is 232 g/mol. The van der Waals surface area contributed by atoms with Crippen molar-refractivity contribution in [2.24, 2.45) is 0 Å². The maximum atomic E-state index is 5.85. The number of nitrogen functional groups attached to an aromatic ring is 1. The lowest BCUT2D eigenvalue weighted by Crippen LogP contribution is -2.38. The first-order valence-electron chi connectivity index (χ1n) is 6.77. The van der Waals surface area contributed by atoms with E-state index in [1.165, 1.54) is 31.2 Å². The van der Waals surface area contributed by atoms with Crippen LogP contribution in [-0.2, 0) is 6.54 Å². The van der Waals surface area contributed by atoms with Crippen molar-refractivity contribution in [3.8, 4) is 0 Å². The first kappa shape index (κ1) is 12.4. The molecule has 0 spiro atoms. The lowest BCUT2D eigenvalue weighted by atomic mass is 10.1. The van der Waals surface area contributed by atoms with E-state index in [2.05, 4.69) is 36.9 Å². The molecule has 1 aromatic carbocycles. The van der Waals surface area contributed by atoms with Gasteiger partial charge in [-0.05, 0) is 44.4 Å². The van der Waals surface area contributed by atoms with Gasteiger partial charge in [0.25, 0.3) is 0 Å². The second-order valence-electron chi connectivity index (χ2n) is 5.45. The third kappa shape index (κ3) is 3.22. The van der Waals surface area contributed by atoms with E-state index in [1.54, 1.807) is 0 Å². The lowest BCUT2D eigenvalue weighted by Gasteiger charge is -2.32. The summed E-state index contributed by atoms with van der Waals surface area (Å²) in [5, 5.41) is 0. The molecule has 0 aromatic heterocycles. The summed E-state index contributed by atoms with van der Waals surface area (Å²) in [6.45, 7) is 5.63. The third-order valence-corrected chi connectivity index (χ3v) is 3.77. The average Bonchev–Trinajstić information content (AvgIpc) is 2.78. The summed E-state index contributed by atoms with van der Waals surface area (Å²) in [6, 6.07) is 9.68. The van der Waals surface area contributed by atoms with Crippen LogP contribution in [0.5, 0.6) is 0 Å². The van der Waals surface area contributed by atoms with Crippen LogP contribution in [0.15, 0.2) is 24.3 Å². The van der Waals surface area contributed by atoms with Crippen molar-refractivity contribution in [1.29, 1.82) is 0 Å². The van der Waals surface area contributed by atoms with Gasteiger partial charge < -0.3 is 5.73 Å². The zero-order chi connectivity index (χ0) is 12.3. The summed E-state index contributed by atoms with van der Waals surface area (Å²) in [5.41, 5.74) is 8.06. The van der Waals surface area contributed by atoms with Gasteiger partial charge in [0.05, 0.1) is 0 Å². The molecule has 0 atom stereocenters. The van der Waals surface area contributed by atoms with E-state index in [0.717, 1.165) is 18.3 Å². The Labute approximate surface area is 105 Å². The Morgan fingerprint density at radius 1 is 1.29 bits per heavy atom. The molecule has 0 radical (unpaired) electrons. The molecular formula is C15H24N2. The summed E-state index contributed by atoms with van der Waals surface area (Å²) in [4.78, 5) is 2.63. The summed E-state index contributed by atoms with van der Waals surface area (Å²) < 4.78 is 0. The van der Waals surface area contributed by atoms with Gasteiger partial charge in [0, 0.05) is 24.3 Å². The predicted octanol–water partition coefficient (Wildman–Crippen LogP) is 3.42. The highest BCUT2D eigenvalue weighted by Gasteiger charge is 2.24. The van der Waals surface area contributed by atoms with Crippen molar-refractivity contribution in [3.63, 3.8) is 0 Å². The van der Waals surface area contributed by atoms with Crippen LogP contribution in [0.2, 0.25) is 0 Å². The van der Waals surface area contributed by atoms with Gasteiger partial charge in [-0.2, -0.15) is 0 Å². The van der Waals surface area contributed by atoms with E-state index in [4.69, 9.17) is 5.73 Å². The molecule has 1 aromatic rings. The summed E-state index contributed by atoms with van der Waals surface area (Å²) in [6.07, 6.45) is 5.51. The lowest BCUT2D eigenvalue weighted by molar-refractivity contribution is 0.146. The van der Waals surface area contributed by atoms with Crippen LogP contribution in [-0.4, -0.2) is 17.0 Å². The summed E-state index contributed by atoms with van der Waals surface area (Å²) >= 11 is 0. The van der Waals surface area contributed by atoms with Crippen molar-refractivity contribution < 1.29 is 0 Å². The maximum Gasteiger partial charge on any atom is 0.0317 e. The zero-order valence-corrected chi connectivity index (χ0v) is 11.0. The Hall–Kier alpha value is -1.02. The molecule has 2 nitrogen and oxygen atoms in total. The molecule has 1 aliphatic rings. The van der Waals surface area contributed by atoms with E-state index in [-0.39, 0.29) is 0 Å². The fraction of sp³-hybridized carbons (Fsp3) is 0.600. The highest BCUT2D eigenvalue weighted by atomic mass is 15.2. The molecule has 1 aliphatic carbocycles. The largest absolute Gasteiger partial charge is 0.399 e. The van der Waals surface area contributed by atoms with Gasteiger partial charge in [0.1, 0.15) is 0 Å². The van der Waals surface area contributed by atoms with Gasteiger partial charge in [-0.25, -0.2) is 0 Å². The molecule has 0 amide bonds. The first-order valence-corrected chi connectivity index (χ1v) is 6.77. The van der Waals surface area contributed by atoms with Crippen LogP contribution in [0.1, 0.15) is 45.1 Å². The van der Waals surface area contributed by atoms with Crippen LogP contribution < -0.4 is 5.73 Å². The molecule has 2 rings (SSSR count). The van der Waals surface area contributed by atoms with Crippen LogP contribution in [0.4, 0.5) is 5.69 Å². The topological polar surface area (TPSA) is 29.3 Å². The van der Waals surface area contributed by atoms with Gasteiger partial charge in [0.2, 0.25) is 0 Å². The number of benzene rings is 1. The number of rotatable bonds is 4. The van der Waals surface area contributed by atoms with Crippen molar-refractivity contribution in [3.05, 3.63) is 29.8 Å². The fourth-order valence-electron chi connectivity index (χ4n) is 2.87. The highest BCUT2D eigenvalue weighted by molar-refractivity contribution is 5.40. The fourth-order valence-corrected chi connectivity index (χ4v) is 2.87. The van der Waals surface area contributed by atoms with Gasteiger partial charge >= 0.3 is 0 Å². The monoisotopic (exact) mass is 232 g/mol. The van der Waals surface area contributed by atoms with Gasteiger partial charge in [-0.15, -0.1) is 0 Å². The molecule has 17 heavy (non-hydrogen) atoms. The van der Waals surface area contributed by atoms with E-state index >= 15 is 0 Å². The first-order chi connectivity index (χ1) is 8.16. The number of nitrogens with zero attached hydrogens (tertiary/aromatic N) is 1. The molecule has 1 fully saturated rings. The SMILES string of the molecule is CC(C)N(Cc1cccc(N)c1)C1CCCC1. The Morgan fingerprint density at radius 3 is 2.59 bits per heavy atom. The van der Waals surface area contributed by atoms with Crippen LogP contribution in [0, 0.1) is 0 Å². The second kappa shape index (κ2) is 5.54. The zero-order valence-electron chi connectivity index (χ0n) is 11.0. The van der Waals surface area contributed by atoms with Crippen LogP contribution in [0.25, 0.3) is 0 Å². The molecule has 0 unspecified atom stereocenters. The minimum absolute atomic E-state index is 0.611. The van der Waals surface area contributed by atoms with Gasteiger partial charge in [0.15, 0.2) is 0 Å². The number of anilines is 1. The van der Waals surface area contributed by atoms with Crippen LogP contribution in [0.3, 0.4) is 0 Å². The Balaban J connectivity index is 2.07.